The molecule has 0 saturated heterocycles. The van der Waals surface area contributed by atoms with Gasteiger partial charge in [0.2, 0.25) is 11.8 Å². The minimum absolute atomic E-state index is 0.180. The Hall–Kier alpha value is -10.3. The molecule has 0 fully saturated rings. The molecular weight excluding hydrogens is 1260 g/mol. The lowest BCUT2D eigenvalue weighted by atomic mass is 10.0. The fourth-order valence-corrected chi connectivity index (χ4v) is 13.2. The molecule has 0 bridgehead atoms. The Morgan fingerprint density at radius 2 is 0.722 bits per heavy atom. The minimum Gasteiger partial charge on any atom is -0.496 e. The lowest BCUT2D eigenvalue weighted by molar-refractivity contribution is 0.0915. The van der Waals surface area contributed by atoms with E-state index in [1.54, 1.807) is 51.1 Å². The van der Waals surface area contributed by atoms with E-state index in [-0.39, 0.29) is 11.8 Å². The Kier molecular flexibility index (Phi) is 22.4. The topological polar surface area (TPSA) is 169 Å². The van der Waals surface area contributed by atoms with E-state index in [1.165, 1.54) is 32.6 Å². The molecule has 97 heavy (non-hydrogen) atoms. The highest BCUT2D eigenvalue weighted by atomic mass is 32.1. The zero-order valence-electron chi connectivity index (χ0n) is 56.5. The second kappa shape index (κ2) is 32.0. The van der Waals surface area contributed by atoms with Crippen molar-refractivity contribution < 1.29 is 47.5 Å². The van der Waals surface area contributed by atoms with Gasteiger partial charge in [-0.2, -0.15) is 19.6 Å². The van der Waals surface area contributed by atoms with E-state index < -0.39 is 0 Å². The summed E-state index contributed by atoms with van der Waals surface area (Å²) >= 11 is 3.40. The number of unbranched alkanes of at least 4 members (excludes halogenated alkanes) is 5. The van der Waals surface area contributed by atoms with Crippen molar-refractivity contribution in [1.82, 2.24) is 29.5 Å². The predicted molar refractivity (Wildman–Crippen MR) is 388 cm³/mol. The van der Waals surface area contributed by atoms with Gasteiger partial charge in [-0.15, -0.1) is 22.7 Å². The normalized spacial score (nSPS) is 11.1. The van der Waals surface area contributed by atoms with Crippen LogP contribution in [0.5, 0.6) is 46.0 Å². The number of benzene rings is 8. The van der Waals surface area contributed by atoms with Gasteiger partial charge >= 0.3 is 0 Å². The van der Waals surface area contributed by atoms with Crippen LogP contribution in [0.2, 0.25) is 0 Å². The van der Waals surface area contributed by atoms with E-state index in [9.17, 15) is 9.59 Å². The minimum atomic E-state index is -0.184. The molecule has 12 aromatic rings. The highest BCUT2D eigenvalue weighted by molar-refractivity contribution is 7.22. The number of fused-ring (bicyclic) bond motifs is 2. The summed E-state index contributed by atoms with van der Waals surface area (Å²) in [5.41, 5.74) is 14.7. The number of para-hydroxylation sites is 2. The summed E-state index contributed by atoms with van der Waals surface area (Å²) in [4.78, 5) is 34.8. The Morgan fingerprint density at radius 3 is 1.09 bits per heavy atom. The molecule has 0 N–H and O–H groups in total. The van der Waals surface area contributed by atoms with Crippen LogP contribution in [-0.4, -0.2) is 96.2 Å². The highest BCUT2D eigenvalue weighted by Gasteiger charge is 2.21. The van der Waals surface area contributed by atoms with Crippen LogP contribution in [0.25, 0.3) is 86.6 Å². The largest absolute Gasteiger partial charge is 0.496 e. The van der Waals surface area contributed by atoms with Gasteiger partial charge in [-0.25, -0.2) is 9.97 Å². The SMILES string of the molecule is COc1ccc(-c2cc(-c3cc(C)c(C)c(OC)c3)nn2C(C)=O)cc1OCCCCCCOc1ccc(-c2nc3ccccc3s2)cc1.COc1ccc(-c2cc(-c3cc(C)c(C)c(OC)c3)nn2C(C)=O)cc1OCCCCCOc1ccc(-c2nc3ccccc3s2)cc1. The van der Waals surface area contributed by atoms with Gasteiger partial charge in [-0.3, -0.25) is 9.59 Å². The second-order valence-electron chi connectivity index (χ2n) is 23.6. The summed E-state index contributed by atoms with van der Waals surface area (Å²) in [6.07, 6.45) is 6.62. The van der Waals surface area contributed by atoms with Gasteiger partial charge in [-0.1, -0.05) is 24.3 Å². The van der Waals surface area contributed by atoms with Gasteiger partial charge in [0.15, 0.2) is 23.0 Å². The number of ether oxygens (including phenoxy) is 8. The van der Waals surface area contributed by atoms with Crippen LogP contribution in [0.15, 0.2) is 170 Å². The molecule has 0 radical (unpaired) electrons. The number of aromatic nitrogens is 6. The number of rotatable bonds is 27. The summed E-state index contributed by atoms with van der Waals surface area (Å²) in [5, 5.41) is 11.3. The first kappa shape index (κ1) is 68.1. The molecule has 0 aliphatic heterocycles. The first-order valence-corrected chi connectivity index (χ1v) is 34.2. The third-order valence-corrected chi connectivity index (χ3v) is 19.0. The molecule has 0 amide bonds. The van der Waals surface area contributed by atoms with Crippen molar-refractivity contribution >= 4 is 54.9 Å². The smallest absolute Gasteiger partial charge is 0.244 e. The predicted octanol–water partition coefficient (Wildman–Crippen LogP) is 19.2. The van der Waals surface area contributed by atoms with Crippen molar-refractivity contribution in [3.8, 4) is 112 Å². The van der Waals surface area contributed by atoms with Crippen LogP contribution in [0, 0.1) is 27.7 Å². The van der Waals surface area contributed by atoms with Gasteiger partial charge in [0.1, 0.15) is 33.0 Å². The summed E-state index contributed by atoms with van der Waals surface area (Å²) in [6.45, 7) is 13.5. The summed E-state index contributed by atoms with van der Waals surface area (Å²) in [5.74, 6) is 5.43. The fraction of sp³-hybridized carbons (Fsp3) is 0.266. The van der Waals surface area contributed by atoms with Gasteiger partial charge in [0, 0.05) is 47.2 Å². The zero-order chi connectivity index (χ0) is 68.0. The number of thiazole rings is 2. The molecule has 16 nitrogen and oxygen atoms in total. The molecule has 498 valence electrons. The lowest BCUT2D eigenvalue weighted by Crippen LogP contribution is -2.09. The molecule has 0 saturated carbocycles. The van der Waals surface area contributed by atoms with E-state index >= 15 is 0 Å². The van der Waals surface area contributed by atoms with Crippen LogP contribution >= 0.6 is 22.7 Å². The molecule has 18 heteroatoms. The Morgan fingerprint density at radius 1 is 0.371 bits per heavy atom. The quantitative estimate of drug-likeness (QED) is 0.0446. The fourth-order valence-electron chi connectivity index (χ4n) is 11.3. The number of aryl methyl sites for hydroxylation is 2. The third-order valence-electron chi connectivity index (χ3n) is 16.9. The van der Waals surface area contributed by atoms with Crippen molar-refractivity contribution in [2.45, 2.75) is 86.5 Å². The molecule has 0 atom stereocenters. The molecule has 4 heterocycles. The van der Waals surface area contributed by atoms with Crippen molar-refractivity contribution in [3.05, 3.63) is 192 Å². The van der Waals surface area contributed by atoms with Crippen molar-refractivity contribution in [2.24, 2.45) is 0 Å². The molecule has 4 aromatic heterocycles. The van der Waals surface area contributed by atoms with E-state index in [4.69, 9.17) is 47.9 Å². The molecular formula is C79H80N6O10S2. The van der Waals surface area contributed by atoms with Crippen molar-refractivity contribution in [1.29, 1.82) is 0 Å². The number of methoxy groups -OCH3 is 4. The standard InChI is InChI=1S/C40H41N3O5S.C39H39N3O5S/c1-26-22-31(24-37(46-5)27(26)2)34-25-35(43(42-34)28(3)44)30-16-19-36(45-4)38(23-30)48-21-11-7-6-10-20-47-32-17-14-29(15-18-32)40-41-33-12-8-9-13-39(33)49-40;1-25-21-30(23-36(45-5)26(25)2)33-24-34(42(41-33)27(3)43)29-15-18-35(44-4)37(22-29)47-20-10-6-9-19-46-31-16-13-28(14-17-31)39-40-32-11-7-8-12-38(32)48-39/h8-9,12-19,22-25H,6-7,10-11,20-21H2,1-5H3;7-8,11-18,21-24H,6,9-10,19-20H2,1-5H3. The van der Waals surface area contributed by atoms with Crippen LogP contribution in [0.4, 0.5) is 0 Å². The Bertz CT molecular complexity index is 4640. The maximum absolute atomic E-state index is 12.6. The zero-order valence-corrected chi connectivity index (χ0v) is 58.2. The maximum Gasteiger partial charge on any atom is 0.244 e. The third kappa shape index (κ3) is 16.5. The van der Waals surface area contributed by atoms with Crippen LogP contribution in [0.1, 0.15) is 90.6 Å². The van der Waals surface area contributed by atoms with Crippen molar-refractivity contribution in [3.63, 3.8) is 0 Å². The lowest BCUT2D eigenvalue weighted by Gasteiger charge is -2.13. The first-order chi connectivity index (χ1) is 47.2. The number of hydrogen-bond donors (Lipinski definition) is 0. The van der Waals surface area contributed by atoms with Crippen LogP contribution < -0.4 is 37.9 Å². The van der Waals surface area contributed by atoms with E-state index in [0.717, 1.165) is 145 Å². The Balaban J connectivity index is 0.000000197. The van der Waals surface area contributed by atoms with Crippen LogP contribution in [-0.2, 0) is 0 Å². The van der Waals surface area contributed by atoms with Gasteiger partial charge in [0.25, 0.3) is 0 Å². The van der Waals surface area contributed by atoms with Crippen LogP contribution in [0.3, 0.4) is 0 Å². The molecule has 0 aliphatic carbocycles. The summed E-state index contributed by atoms with van der Waals surface area (Å²) in [7, 11) is 6.56. The van der Waals surface area contributed by atoms with Gasteiger partial charge in [0.05, 0.1) is 98.1 Å². The molecule has 12 rings (SSSR count). The van der Waals surface area contributed by atoms with E-state index in [0.29, 0.717) is 72.2 Å². The van der Waals surface area contributed by atoms with Gasteiger partial charge in [-0.05, 0) is 240 Å². The number of carbonyl (C=O) groups is 2. The van der Waals surface area contributed by atoms with Gasteiger partial charge < -0.3 is 37.9 Å². The number of hydrogen-bond acceptors (Lipinski definition) is 16. The average Bonchev–Trinajstić information content (AvgIpc) is 1.73. The van der Waals surface area contributed by atoms with E-state index in [2.05, 4.69) is 58.7 Å². The monoisotopic (exact) mass is 1340 g/mol. The summed E-state index contributed by atoms with van der Waals surface area (Å²) < 4.78 is 51.9. The molecule has 0 spiro atoms. The first-order valence-electron chi connectivity index (χ1n) is 32.5. The molecule has 0 aliphatic rings. The molecule has 0 unspecified atom stereocenters. The Labute approximate surface area is 574 Å². The second-order valence-corrected chi connectivity index (χ2v) is 25.6. The number of carbonyl (C=O) groups excluding carboxylic acids is 2. The maximum atomic E-state index is 12.6. The highest BCUT2D eigenvalue weighted by Crippen LogP contribution is 2.40. The summed E-state index contributed by atoms with van der Waals surface area (Å²) in [6, 6.07) is 55.9. The molecule has 8 aromatic carbocycles. The van der Waals surface area contributed by atoms with E-state index in [1.807, 2.05) is 149 Å². The average molecular weight is 1340 g/mol. The number of nitrogens with zero attached hydrogens (tertiary/aromatic N) is 6. The van der Waals surface area contributed by atoms with Crippen molar-refractivity contribution in [2.75, 3.05) is 54.9 Å².